The monoisotopic (exact) mass is 759 g/mol. The summed E-state index contributed by atoms with van der Waals surface area (Å²) in [5, 5.41) is 0.317. The van der Waals surface area contributed by atoms with E-state index in [-0.39, 0.29) is 27.9 Å². The van der Waals surface area contributed by atoms with Gasteiger partial charge in [-0.25, -0.2) is 4.79 Å². The first-order chi connectivity index (χ1) is 25.8. The predicted octanol–water partition coefficient (Wildman–Crippen LogP) is 7.51. The summed E-state index contributed by atoms with van der Waals surface area (Å²) in [5.74, 6) is 0.780. The van der Waals surface area contributed by atoms with Crippen molar-refractivity contribution in [2.24, 2.45) is 5.92 Å². The number of pyridine rings is 1. The van der Waals surface area contributed by atoms with Crippen molar-refractivity contribution in [1.29, 1.82) is 0 Å². The molecule has 0 unspecified atom stereocenters. The third-order valence-electron chi connectivity index (χ3n) is 10.8. The van der Waals surface area contributed by atoms with Crippen LogP contribution in [-0.2, 0) is 26.2 Å². The molecular weight excluding hydrogens is 717 g/mol. The minimum atomic E-state index is -1.24. The minimum Gasteiger partial charge on any atom is -0.493 e. The van der Waals surface area contributed by atoms with Crippen molar-refractivity contribution in [2.45, 2.75) is 50.0 Å². The standard InChI is InChI=1S/C41H43Cl2N3O7/c1-49-34-12-11-30(22-35(34)50-2)39(52-37-32(42)23-44-24-33(37)43)53-38(47)29-8-6-7-27(21-29)25-46-19-15-41(16-20-46,31-9-4-3-5-10-31)40(48)51-36-26-45-17-13-28(36)14-18-45/h3-12,21-24,28,36,39H,13-20,25-26H2,1-2H3/t36-,39+/m0/s1. The smallest absolute Gasteiger partial charge is 0.341 e. The summed E-state index contributed by atoms with van der Waals surface area (Å²) in [6, 6.07) is 22.5. The fraction of sp³-hybridized carbons (Fsp3) is 0.390. The molecule has 8 rings (SSSR count). The molecule has 12 heteroatoms. The van der Waals surface area contributed by atoms with E-state index >= 15 is 0 Å². The number of halogens is 2. The SMILES string of the molecule is COc1ccc([C@@H](OC(=O)c2cccc(CN3CCC(C(=O)O[C@H]4CN5CCC4CC5)(c4ccccc4)CC3)c2)Oc2c(Cl)cncc2Cl)cc1OC. The number of likely N-dealkylation sites (tertiary alicyclic amines) is 1. The van der Waals surface area contributed by atoms with Crippen LogP contribution < -0.4 is 14.2 Å². The number of carbonyl (C=O) groups is 2. The minimum absolute atomic E-state index is 0.0402. The Kier molecular flexibility index (Phi) is 11.4. The number of nitrogens with zero attached hydrogens (tertiary/aromatic N) is 3. The van der Waals surface area contributed by atoms with E-state index in [1.54, 1.807) is 24.3 Å². The number of carbonyl (C=O) groups excluding carboxylic acids is 2. The molecule has 5 heterocycles. The van der Waals surface area contributed by atoms with Gasteiger partial charge in [-0.3, -0.25) is 19.6 Å². The number of esters is 2. The molecule has 4 aliphatic heterocycles. The van der Waals surface area contributed by atoms with Crippen LogP contribution in [0.25, 0.3) is 0 Å². The maximum Gasteiger partial charge on any atom is 0.341 e. The predicted molar refractivity (Wildman–Crippen MR) is 201 cm³/mol. The lowest BCUT2D eigenvalue weighted by molar-refractivity contribution is -0.168. The van der Waals surface area contributed by atoms with Crippen LogP contribution in [-0.4, -0.2) is 79.8 Å². The van der Waals surface area contributed by atoms with Crippen LogP contribution in [0.5, 0.6) is 17.2 Å². The lowest BCUT2D eigenvalue weighted by Gasteiger charge is -2.46. The van der Waals surface area contributed by atoms with Gasteiger partial charge < -0.3 is 23.7 Å². The van der Waals surface area contributed by atoms with Crippen LogP contribution in [0, 0.1) is 5.92 Å². The maximum absolute atomic E-state index is 14.1. The van der Waals surface area contributed by atoms with E-state index in [9.17, 15) is 9.59 Å². The number of hydrogen-bond acceptors (Lipinski definition) is 10. The van der Waals surface area contributed by atoms with Gasteiger partial charge in [0.1, 0.15) is 16.1 Å². The van der Waals surface area contributed by atoms with Crippen LogP contribution in [0.2, 0.25) is 10.0 Å². The van der Waals surface area contributed by atoms with E-state index < -0.39 is 17.7 Å². The molecule has 0 aliphatic carbocycles. The second kappa shape index (κ2) is 16.3. The molecule has 3 aromatic carbocycles. The van der Waals surface area contributed by atoms with Gasteiger partial charge in [0.15, 0.2) is 17.2 Å². The third-order valence-corrected chi connectivity index (χ3v) is 11.3. The van der Waals surface area contributed by atoms with Crippen LogP contribution in [0.4, 0.5) is 0 Å². The Hall–Kier alpha value is -4.35. The highest BCUT2D eigenvalue weighted by Crippen LogP contribution is 2.41. The van der Waals surface area contributed by atoms with Gasteiger partial charge in [0, 0.05) is 31.0 Å². The molecule has 0 amide bonds. The molecule has 0 N–H and O–H groups in total. The van der Waals surface area contributed by atoms with Gasteiger partial charge in [-0.05, 0) is 99.2 Å². The average molecular weight is 761 g/mol. The fourth-order valence-electron chi connectivity index (χ4n) is 7.75. The molecule has 0 radical (unpaired) electrons. The Bertz CT molecular complexity index is 1890. The number of ether oxygens (including phenoxy) is 5. The molecule has 4 fully saturated rings. The van der Waals surface area contributed by atoms with Crippen LogP contribution in [0.15, 0.2) is 85.2 Å². The van der Waals surface area contributed by atoms with Crippen LogP contribution in [0.3, 0.4) is 0 Å². The van der Waals surface area contributed by atoms with Crippen LogP contribution >= 0.6 is 23.2 Å². The Labute approximate surface area is 319 Å². The highest BCUT2D eigenvalue weighted by Gasteiger charge is 2.47. The van der Waals surface area contributed by atoms with Crippen molar-refractivity contribution in [1.82, 2.24) is 14.8 Å². The molecule has 4 saturated heterocycles. The molecule has 0 saturated carbocycles. The average Bonchev–Trinajstić information content (AvgIpc) is 3.19. The summed E-state index contributed by atoms with van der Waals surface area (Å²) in [6.45, 7) is 5.01. The van der Waals surface area contributed by atoms with Crippen molar-refractivity contribution in [3.05, 3.63) is 117 Å². The fourth-order valence-corrected chi connectivity index (χ4v) is 8.21. The molecule has 10 nitrogen and oxygen atoms in total. The quantitative estimate of drug-likeness (QED) is 0.107. The van der Waals surface area contributed by atoms with Crippen molar-refractivity contribution in [3.63, 3.8) is 0 Å². The van der Waals surface area contributed by atoms with E-state index in [1.165, 1.54) is 26.6 Å². The number of rotatable bonds is 12. The molecule has 2 bridgehead atoms. The van der Waals surface area contributed by atoms with E-state index in [0.717, 1.165) is 43.6 Å². The summed E-state index contributed by atoms with van der Waals surface area (Å²) in [6.07, 6.45) is 4.98. The van der Waals surface area contributed by atoms with Gasteiger partial charge in [-0.2, -0.15) is 0 Å². The lowest BCUT2D eigenvalue weighted by Crippen LogP contribution is -2.54. The number of piperidine rings is 4. The number of methoxy groups -OCH3 is 2. The van der Waals surface area contributed by atoms with E-state index in [2.05, 4.69) is 26.9 Å². The number of benzene rings is 3. The second-order valence-electron chi connectivity index (χ2n) is 13.9. The van der Waals surface area contributed by atoms with Crippen LogP contribution in [0.1, 0.15) is 59.0 Å². The zero-order valence-electron chi connectivity index (χ0n) is 29.8. The van der Waals surface area contributed by atoms with Crippen molar-refractivity contribution in [3.8, 4) is 17.2 Å². The molecule has 1 aromatic heterocycles. The summed E-state index contributed by atoms with van der Waals surface area (Å²) in [4.78, 5) is 36.6. The Morgan fingerprint density at radius 3 is 2.25 bits per heavy atom. The first kappa shape index (κ1) is 37.0. The van der Waals surface area contributed by atoms with E-state index in [1.807, 2.05) is 36.4 Å². The molecule has 4 aliphatic rings. The van der Waals surface area contributed by atoms with Crippen molar-refractivity contribution >= 4 is 35.1 Å². The summed E-state index contributed by atoms with van der Waals surface area (Å²) >= 11 is 12.7. The summed E-state index contributed by atoms with van der Waals surface area (Å²) < 4.78 is 29.3. The van der Waals surface area contributed by atoms with Gasteiger partial charge >= 0.3 is 11.9 Å². The zero-order valence-corrected chi connectivity index (χ0v) is 31.4. The zero-order chi connectivity index (χ0) is 37.0. The maximum atomic E-state index is 14.1. The number of fused-ring (bicyclic) bond motifs is 3. The second-order valence-corrected chi connectivity index (χ2v) is 14.7. The first-order valence-corrected chi connectivity index (χ1v) is 18.7. The highest BCUT2D eigenvalue weighted by atomic mass is 35.5. The molecule has 4 aromatic rings. The summed E-state index contributed by atoms with van der Waals surface area (Å²) in [5.41, 5.74) is 2.06. The topological polar surface area (TPSA) is 99.7 Å². The van der Waals surface area contributed by atoms with Gasteiger partial charge in [0.05, 0.1) is 25.2 Å². The van der Waals surface area contributed by atoms with Crippen molar-refractivity contribution < 1.29 is 33.3 Å². The van der Waals surface area contributed by atoms with Crippen molar-refractivity contribution in [2.75, 3.05) is 46.9 Å². The Balaban J connectivity index is 1.05. The molecule has 278 valence electrons. The van der Waals surface area contributed by atoms with Gasteiger partial charge in [-0.15, -0.1) is 0 Å². The molecule has 0 spiro atoms. The number of aromatic nitrogens is 1. The first-order valence-electron chi connectivity index (χ1n) is 17.9. The third kappa shape index (κ3) is 8.11. The Morgan fingerprint density at radius 2 is 1.58 bits per heavy atom. The largest absolute Gasteiger partial charge is 0.493 e. The lowest BCUT2D eigenvalue weighted by atomic mass is 9.72. The van der Waals surface area contributed by atoms with E-state index in [0.29, 0.717) is 61.0 Å². The molecule has 2 atom stereocenters. The van der Waals surface area contributed by atoms with E-state index in [4.69, 9.17) is 46.9 Å². The normalized spacial score (nSPS) is 21.3. The van der Waals surface area contributed by atoms with Gasteiger partial charge in [0.2, 0.25) is 0 Å². The number of hydrogen-bond donors (Lipinski definition) is 0. The van der Waals surface area contributed by atoms with Gasteiger partial charge in [0.25, 0.3) is 6.29 Å². The highest BCUT2D eigenvalue weighted by molar-refractivity contribution is 6.36. The molecular formula is C41H43Cl2N3O7. The summed E-state index contributed by atoms with van der Waals surface area (Å²) in [7, 11) is 3.05. The van der Waals surface area contributed by atoms with Gasteiger partial charge in [-0.1, -0.05) is 65.7 Å². The molecule has 53 heavy (non-hydrogen) atoms. The Morgan fingerprint density at radius 1 is 0.868 bits per heavy atom.